The summed E-state index contributed by atoms with van der Waals surface area (Å²) in [5, 5.41) is 7.23. The maximum atomic E-state index is 5.59. The van der Waals surface area contributed by atoms with Crippen molar-refractivity contribution in [3.05, 3.63) is 34.9 Å². The number of nitrogens with one attached hydrogen (secondary N) is 1. The summed E-state index contributed by atoms with van der Waals surface area (Å²) < 4.78 is 0. The molecule has 3 heterocycles. The second-order valence-electron chi connectivity index (χ2n) is 4.70. The van der Waals surface area contributed by atoms with Crippen molar-refractivity contribution in [3.63, 3.8) is 0 Å². The van der Waals surface area contributed by atoms with E-state index in [2.05, 4.69) is 31.1 Å². The average molecular weight is 244 g/mol. The molecule has 6 nitrogen and oxygen atoms in total. The van der Waals surface area contributed by atoms with Gasteiger partial charge >= 0.3 is 0 Å². The summed E-state index contributed by atoms with van der Waals surface area (Å²) in [6.07, 6.45) is 2.76. The first-order valence-corrected chi connectivity index (χ1v) is 6.04. The van der Waals surface area contributed by atoms with E-state index in [1.165, 1.54) is 5.56 Å². The van der Waals surface area contributed by atoms with E-state index in [4.69, 9.17) is 5.73 Å². The Morgan fingerprint density at radius 1 is 1.50 bits per heavy atom. The van der Waals surface area contributed by atoms with Crippen molar-refractivity contribution in [2.24, 2.45) is 0 Å². The normalized spacial score (nSPS) is 15.6. The van der Waals surface area contributed by atoms with Crippen LogP contribution in [0.2, 0.25) is 0 Å². The number of H-pyrrole nitrogens is 1. The average Bonchev–Trinajstić information content (AvgIpc) is 2.75. The molecule has 0 aromatic carbocycles. The van der Waals surface area contributed by atoms with Crippen LogP contribution in [0.15, 0.2) is 12.3 Å². The van der Waals surface area contributed by atoms with E-state index in [9.17, 15) is 0 Å². The van der Waals surface area contributed by atoms with E-state index in [0.717, 1.165) is 43.1 Å². The summed E-state index contributed by atoms with van der Waals surface area (Å²) >= 11 is 0. The second-order valence-corrected chi connectivity index (χ2v) is 4.70. The van der Waals surface area contributed by atoms with Crippen LogP contribution < -0.4 is 5.73 Å². The lowest BCUT2D eigenvalue weighted by atomic mass is 10.1. The first-order chi connectivity index (χ1) is 8.70. The summed E-state index contributed by atoms with van der Waals surface area (Å²) in [6, 6.07) is 2.08. The third kappa shape index (κ3) is 2.19. The molecule has 0 unspecified atom stereocenters. The van der Waals surface area contributed by atoms with Crippen molar-refractivity contribution in [2.45, 2.75) is 26.4 Å². The number of hydrogen-bond donors (Lipinski definition) is 2. The second kappa shape index (κ2) is 4.38. The molecule has 0 fully saturated rings. The molecule has 94 valence electrons. The zero-order chi connectivity index (χ0) is 12.5. The van der Waals surface area contributed by atoms with Gasteiger partial charge in [-0.3, -0.25) is 10.00 Å². The number of nitrogens with zero attached hydrogens (tertiary/aromatic N) is 4. The predicted molar refractivity (Wildman–Crippen MR) is 67.6 cm³/mol. The quantitative estimate of drug-likeness (QED) is 0.810. The van der Waals surface area contributed by atoms with Gasteiger partial charge in [0.1, 0.15) is 0 Å². The molecule has 0 bridgehead atoms. The van der Waals surface area contributed by atoms with E-state index in [1.807, 2.05) is 13.1 Å². The zero-order valence-electron chi connectivity index (χ0n) is 10.3. The number of aromatic nitrogens is 4. The van der Waals surface area contributed by atoms with Crippen molar-refractivity contribution < 1.29 is 0 Å². The summed E-state index contributed by atoms with van der Waals surface area (Å²) in [7, 11) is 0. The number of aryl methyl sites for hydroxylation is 1. The fraction of sp³-hybridized carbons (Fsp3) is 0.417. The smallest absolute Gasteiger partial charge is 0.220 e. The number of anilines is 1. The Morgan fingerprint density at radius 2 is 2.39 bits per heavy atom. The van der Waals surface area contributed by atoms with Gasteiger partial charge in [-0.15, -0.1) is 0 Å². The minimum Gasteiger partial charge on any atom is -0.368 e. The Labute approximate surface area is 105 Å². The minimum absolute atomic E-state index is 0.366. The standard InChI is InChI=1S/C12H16N6/c1-8-4-10(17-16-8)7-18-3-2-11-9(6-18)5-14-12(13)15-11/h4-5H,2-3,6-7H2,1H3,(H,16,17)(H2,13,14,15). The van der Waals surface area contributed by atoms with Gasteiger partial charge in [0.2, 0.25) is 5.95 Å². The highest BCUT2D eigenvalue weighted by Crippen LogP contribution is 2.18. The van der Waals surface area contributed by atoms with Crippen LogP contribution in [0.4, 0.5) is 5.95 Å². The van der Waals surface area contributed by atoms with Crippen molar-refractivity contribution in [1.82, 2.24) is 25.1 Å². The molecule has 2 aromatic heterocycles. The molecule has 0 saturated heterocycles. The van der Waals surface area contributed by atoms with Crippen LogP contribution in [-0.2, 0) is 19.5 Å². The molecule has 0 saturated carbocycles. The first kappa shape index (κ1) is 11.2. The largest absolute Gasteiger partial charge is 0.368 e. The maximum Gasteiger partial charge on any atom is 0.220 e. The van der Waals surface area contributed by atoms with Crippen LogP contribution in [0.25, 0.3) is 0 Å². The van der Waals surface area contributed by atoms with Crippen molar-refractivity contribution in [3.8, 4) is 0 Å². The SMILES string of the molecule is Cc1cc(CN2CCc3nc(N)ncc3C2)n[nH]1. The van der Waals surface area contributed by atoms with Crippen LogP contribution >= 0.6 is 0 Å². The molecule has 3 N–H and O–H groups in total. The topological polar surface area (TPSA) is 83.7 Å². The van der Waals surface area contributed by atoms with Gasteiger partial charge in [0.25, 0.3) is 0 Å². The number of fused-ring (bicyclic) bond motifs is 1. The van der Waals surface area contributed by atoms with Gasteiger partial charge in [0.15, 0.2) is 0 Å². The molecule has 0 aliphatic carbocycles. The third-order valence-corrected chi connectivity index (χ3v) is 3.18. The van der Waals surface area contributed by atoms with Crippen molar-refractivity contribution in [1.29, 1.82) is 0 Å². The van der Waals surface area contributed by atoms with Gasteiger partial charge in [0.05, 0.1) is 11.4 Å². The molecule has 3 rings (SSSR count). The van der Waals surface area contributed by atoms with E-state index < -0.39 is 0 Å². The molecule has 0 amide bonds. The highest BCUT2D eigenvalue weighted by Gasteiger charge is 2.18. The number of nitrogen functional groups attached to an aromatic ring is 1. The molecule has 1 aliphatic rings. The van der Waals surface area contributed by atoms with Gasteiger partial charge in [-0.1, -0.05) is 0 Å². The Bertz CT molecular complexity index is 561. The summed E-state index contributed by atoms with van der Waals surface area (Å²) in [4.78, 5) is 10.7. The lowest BCUT2D eigenvalue weighted by molar-refractivity contribution is 0.240. The maximum absolute atomic E-state index is 5.59. The molecule has 18 heavy (non-hydrogen) atoms. The lowest BCUT2D eigenvalue weighted by Crippen LogP contribution is -2.31. The van der Waals surface area contributed by atoms with Gasteiger partial charge in [-0.05, 0) is 13.0 Å². The molecule has 0 spiro atoms. The Morgan fingerprint density at radius 3 is 3.17 bits per heavy atom. The monoisotopic (exact) mass is 244 g/mol. The number of hydrogen-bond acceptors (Lipinski definition) is 5. The molecule has 0 atom stereocenters. The van der Waals surface area contributed by atoms with E-state index in [-0.39, 0.29) is 0 Å². The first-order valence-electron chi connectivity index (χ1n) is 6.04. The lowest BCUT2D eigenvalue weighted by Gasteiger charge is -2.27. The number of nitrogens with two attached hydrogens (primary N) is 1. The molecule has 2 aromatic rings. The number of aromatic amines is 1. The summed E-state index contributed by atoms with van der Waals surface area (Å²) in [6.45, 7) is 4.71. The van der Waals surface area contributed by atoms with E-state index in [0.29, 0.717) is 5.95 Å². The Hall–Kier alpha value is -1.95. The molecule has 1 aliphatic heterocycles. The van der Waals surface area contributed by atoms with Gasteiger partial charge in [-0.25, -0.2) is 9.97 Å². The van der Waals surface area contributed by atoms with Crippen LogP contribution in [0.5, 0.6) is 0 Å². The van der Waals surface area contributed by atoms with E-state index in [1.54, 1.807) is 0 Å². The Kier molecular flexibility index (Phi) is 2.71. The van der Waals surface area contributed by atoms with Crippen LogP contribution in [-0.4, -0.2) is 31.6 Å². The highest BCUT2D eigenvalue weighted by molar-refractivity contribution is 5.27. The van der Waals surface area contributed by atoms with E-state index >= 15 is 0 Å². The van der Waals surface area contributed by atoms with Crippen LogP contribution in [0, 0.1) is 6.92 Å². The predicted octanol–water partition coefficient (Wildman–Crippen LogP) is 0.649. The number of rotatable bonds is 2. The van der Waals surface area contributed by atoms with Crippen molar-refractivity contribution in [2.75, 3.05) is 12.3 Å². The minimum atomic E-state index is 0.366. The molecular weight excluding hydrogens is 228 g/mol. The summed E-state index contributed by atoms with van der Waals surface area (Å²) in [5.41, 5.74) is 10.0. The molecular formula is C12H16N6. The van der Waals surface area contributed by atoms with Crippen LogP contribution in [0.1, 0.15) is 22.6 Å². The molecule has 6 heteroatoms. The summed E-state index contributed by atoms with van der Waals surface area (Å²) in [5.74, 6) is 0.366. The fourth-order valence-corrected chi connectivity index (χ4v) is 2.31. The highest BCUT2D eigenvalue weighted by atomic mass is 15.2. The zero-order valence-corrected chi connectivity index (χ0v) is 10.3. The fourth-order valence-electron chi connectivity index (χ4n) is 2.31. The van der Waals surface area contributed by atoms with Crippen molar-refractivity contribution >= 4 is 5.95 Å². The molecule has 0 radical (unpaired) electrons. The van der Waals surface area contributed by atoms with Gasteiger partial charge in [-0.2, -0.15) is 5.10 Å². The third-order valence-electron chi connectivity index (χ3n) is 3.18. The van der Waals surface area contributed by atoms with Gasteiger partial charge < -0.3 is 5.73 Å². The van der Waals surface area contributed by atoms with Gasteiger partial charge in [0, 0.05) is 43.5 Å². The Balaban J connectivity index is 1.73. The van der Waals surface area contributed by atoms with Crippen LogP contribution in [0.3, 0.4) is 0 Å².